The maximum atomic E-state index is 12.6. The van der Waals surface area contributed by atoms with E-state index in [-0.39, 0.29) is 4.90 Å². The highest BCUT2D eigenvalue weighted by atomic mass is 32.2. The number of aryl methyl sites for hydroxylation is 1. The van der Waals surface area contributed by atoms with Crippen molar-refractivity contribution >= 4 is 23.4 Å². The molecule has 4 aromatic carbocycles. The minimum atomic E-state index is -4.38. The molecule has 0 unspecified atom stereocenters. The highest BCUT2D eigenvalue weighted by Gasteiger charge is 2.40. The lowest BCUT2D eigenvalue weighted by Gasteiger charge is -2.35. The molecule has 4 aromatic rings. The average Bonchev–Trinajstić information content (AvgIpc) is 2.85. The first-order chi connectivity index (χ1) is 16.4. The van der Waals surface area contributed by atoms with E-state index in [1.807, 2.05) is 66.7 Å². The van der Waals surface area contributed by atoms with E-state index >= 15 is 0 Å². The molecule has 0 aromatic heterocycles. The molecular weight excluding hydrogens is 456 g/mol. The Morgan fingerprint density at radius 2 is 1.03 bits per heavy atom. The van der Waals surface area contributed by atoms with Gasteiger partial charge in [-0.05, 0) is 41.4 Å². The Morgan fingerprint density at radius 1 is 0.618 bits per heavy atom. The smallest absolute Gasteiger partial charge is 0.282 e. The van der Waals surface area contributed by atoms with Crippen LogP contribution in [0.1, 0.15) is 29.2 Å². The van der Waals surface area contributed by atoms with Crippen LogP contribution in [0.4, 0.5) is 0 Å². The van der Waals surface area contributed by atoms with Crippen LogP contribution in [-0.2, 0) is 34.7 Å². The molecule has 0 fully saturated rings. The van der Waals surface area contributed by atoms with E-state index in [2.05, 4.69) is 43.3 Å². The molecule has 0 amide bonds. The lowest BCUT2D eigenvalue weighted by atomic mass is 10.2. The summed E-state index contributed by atoms with van der Waals surface area (Å²) in [6, 6.07) is 38.7. The second kappa shape index (κ2) is 10.5. The number of rotatable bonds is 9. The molecule has 0 saturated heterocycles. The van der Waals surface area contributed by atoms with Crippen LogP contribution in [0.2, 0.25) is 0 Å². The molecule has 0 spiro atoms. The molecule has 0 radical (unpaired) electrons. The molecule has 4 rings (SSSR count). The lowest BCUT2D eigenvalue weighted by molar-refractivity contribution is 0.483. The van der Waals surface area contributed by atoms with E-state index < -0.39 is 18.2 Å². The van der Waals surface area contributed by atoms with Gasteiger partial charge in [0, 0.05) is 0 Å². The number of benzene rings is 4. The summed E-state index contributed by atoms with van der Waals surface area (Å²) in [5, 5.41) is 0.811. The Morgan fingerprint density at radius 3 is 1.38 bits per heavy atom. The van der Waals surface area contributed by atoms with Crippen LogP contribution in [0.15, 0.2) is 114 Å². The van der Waals surface area contributed by atoms with Crippen molar-refractivity contribution < 1.29 is 13.0 Å². The van der Waals surface area contributed by atoms with Crippen LogP contribution in [-0.4, -0.2) is 21.0 Å². The van der Waals surface area contributed by atoms with Crippen molar-refractivity contribution in [2.75, 3.05) is 0 Å². The van der Waals surface area contributed by atoms with Crippen LogP contribution in [0.25, 0.3) is 0 Å². The molecule has 0 bridgehead atoms. The highest BCUT2D eigenvalue weighted by molar-refractivity contribution is 7.86. The summed E-state index contributed by atoms with van der Waals surface area (Å²) in [6.07, 6.45) is 0.797. The van der Waals surface area contributed by atoms with Gasteiger partial charge in [-0.25, -0.2) is 0 Å². The van der Waals surface area contributed by atoms with E-state index in [0.717, 1.165) is 35.3 Å². The van der Waals surface area contributed by atoms with Gasteiger partial charge in [-0.15, -0.1) is 0 Å². The summed E-state index contributed by atoms with van der Waals surface area (Å²) in [6.45, 7) is 2.07. The first-order valence-corrected chi connectivity index (χ1v) is 15.7. The molecule has 0 atom stereocenters. The maximum absolute atomic E-state index is 12.6. The van der Waals surface area contributed by atoms with Crippen molar-refractivity contribution in [3.63, 3.8) is 0 Å². The quantitative estimate of drug-likeness (QED) is 0.251. The molecular formula is C29H30O3SSi. The van der Waals surface area contributed by atoms with E-state index in [1.54, 1.807) is 6.07 Å². The summed E-state index contributed by atoms with van der Waals surface area (Å²) >= 11 is 0. The molecule has 34 heavy (non-hydrogen) atoms. The maximum Gasteiger partial charge on any atom is 0.294 e. The minimum Gasteiger partial charge on any atom is -0.282 e. The van der Waals surface area contributed by atoms with Crippen LogP contribution in [0.3, 0.4) is 0 Å². The normalized spacial score (nSPS) is 11.9. The zero-order valence-electron chi connectivity index (χ0n) is 19.4. The lowest BCUT2D eigenvalue weighted by Crippen LogP contribution is -2.57. The van der Waals surface area contributed by atoms with Crippen LogP contribution >= 0.6 is 0 Å². The summed E-state index contributed by atoms with van der Waals surface area (Å²) in [5.41, 5.74) is 4.63. The third kappa shape index (κ3) is 5.73. The van der Waals surface area contributed by atoms with Gasteiger partial charge in [0.15, 0.2) is 0 Å². The summed E-state index contributed by atoms with van der Waals surface area (Å²) in [5.74, 6) is 0. The van der Waals surface area contributed by atoms with Crippen molar-refractivity contribution in [2.24, 2.45) is 0 Å². The van der Waals surface area contributed by atoms with Gasteiger partial charge < -0.3 is 0 Å². The molecule has 174 valence electrons. The summed E-state index contributed by atoms with van der Waals surface area (Å²) in [7, 11) is -7.02. The van der Waals surface area contributed by atoms with Crippen molar-refractivity contribution in [1.29, 1.82) is 0 Å². The van der Waals surface area contributed by atoms with Gasteiger partial charge in [0.1, 0.15) is 8.07 Å². The Balaban J connectivity index is 2.00. The number of hydrogen-bond acceptors (Lipinski definition) is 2. The second-order valence-corrected chi connectivity index (χ2v) is 14.5. The Labute approximate surface area is 203 Å². The highest BCUT2D eigenvalue weighted by Crippen LogP contribution is 2.26. The van der Waals surface area contributed by atoms with Gasteiger partial charge in [0.2, 0.25) is 0 Å². The van der Waals surface area contributed by atoms with Gasteiger partial charge in [0.25, 0.3) is 10.1 Å². The van der Waals surface area contributed by atoms with Crippen molar-refractivity contribution in [1.82, 2.24) is 0 Å². The van der Waals surface area contributed by atoms with Gasteiger partial charge in [-0.3, -0.25) is 4.55 Å². The average molecular weight is 487 g/mol. The third-order valence-electron chi connectivity index (χ3n) is 6.46. The fourth-order valence-electron chi connectivity index (χ4n) is 4.87. The Bertz CT molecular complexity index is 1220. The fourth-order valence-corrected chi connectivity index (χ4v) is 11.6. The topological polar surface area (TPSA) is 54.4 Å². The standard InChI is InChI=1S/C29H30O3SSi/c1-2-24-18-19-28(33(30,31)32)29(20-24)34(21-25-12-6-3-7-13-25,22-26-14-8-4-9-15-26)23-27-16-10-5-11-17-27/h3-20H,2,21-23H2,1H3,(H,30,31,32). The van der Waals surface area contributed by atoms with Gasteiger partial charge in [-0.1, -0.05) is 127 Å². The minimum absolute atomic E-state index is 0.0548. The monoisotopic (exact) mass is 486 g/mol. The van der Waals surface area contributed by atoms with Crippen molar-refractivity contribution in [3.8, 4) is 0 Å². The molecule has 3 nitrogen and oxygen atoms in total. The molecule has 0 aliphatic heterocycles. The molecule has 1 N–H and O–H groups in total. The fraction of sp³-hybridized carbons (Fsp3) is 0.172. The molecule has 5 heteroatoms. The SMILES string of the molecule is CCc1ccc(S(=O)(=O)O)c([Si](Cc2ccccc2)(Cc2ccccc2)Cc2ccccc2)c1. The summed E-state index contributed by atoms with van der Waals surface area (Å²) in [4.78, 5) is 0.0548. The largest absolute Gasteiger partial charge is 0.294 e. The van der Waals surface area contributed by atoms with Crippen LogP contribution in [0.5, 0.6) is 0 Å². The number of hydrogen-bond donors (Lipinski definition) is 1. The van der Waals surface area contributed by atoms with Crippen LogP contribution < -0.4 is 5.19 Å². The van der Waals surface area contributed by atoms with Gasteiger partial charge in [-0.2, -0.15) is 8.42 Å². The van der Waals surface area contributed by atoms with Gasteiger partial charge in [0.05, 0.1) is 4.90 Å². The predicted octanol–water partition coefficient (Wildman–Crippen LogP) is 5.50. The zero-order chi connectivity index (χ0) is 24.0. The third-order valence-corrected chi connectivity index (χ3v) is 12.4. The molecule has 0 saturated carbocycles. The molecule has 0 heterocycles. The Kier molecular flexibility index (Phi) is 7.46. The molecule has 0 aliphatic rings. The molecule has 0 aliphatic carbocycles. The van der Waals surface area contributed by atoms with E-state index in [4.69, 9.17) is 0 Å². The zero-order valence-corrected chi connectivity index (χ0v) is 21.2. The van der Waals surface area contributed by atoms with E-state index in [1.165, 1.54) is 16.7 Å². The first-order valence-electron chi connectivity index (χ1n) is 11.6. The van der Waals surface area contributed by atoms with Crippen molar-refractivity contribution in [3.05, 3.63) is 131 Å². The summed E-state index contributed by atoms with van der Waals surface area (Å²) < 4.78 is 35.6. The second-order valence-electron chi connectivity index (χ2n) is 8.93. The van der Waals surface area contributed by atoms with Crippen LogP contribution in [0, 0.1) is 0 Å². The first kappa shape index (κ1) is 24.1. The van der Waals surface area contributed by atoms with Crippen molar-refractivity contribution in [2.45, 2.75) is 36.4 Å². The Hall–Kier alpha value is -2.99. The predicted molar refractivity (Wildman–Crippen MR) is 141 cm³/mol. The van der Waals surface area contributed by atoms with Gasteiger partial charge >= 0.3 is 0 Å². The van der Waals surface area contributed by atoms with E-state index in [9.17, 15) is 13.0 Å². The van der Waals surface area contributed by atoms with E-state index in [0.29, 0.717) is 0 Å².